The lowest BCUT2D eigenvalue weighted by atomic mass is 9.87. The molecule has 1 aromatic carbocycles. The molecule has 1 aliphatic rings. The third-order valence-corrected chi connectivity index (χ3v) is 8.11. The fourth-order valence-corrected chi connectivity index (χ4v) is 5.47. The summed E-state index contributed by atoms with van der Waals surface area (Å²) < 4.78 is 40.3. The highest BCUT2D eigenvalue weighted by Crippen LogP contribution is 2.36. The van der Waals surface area contributed by atoms with Crippen LogP contribution in [0.4, 0.5) is 29.5 Å². The Morgan fingerprint density at radius 2 is 1.74 bits per heavy atom. The number of anilines is 2. The summed E-state index contributed by atoms with van der Waals surface area (Å²) in [6.45, 7) is 12.1. The maximum atomic E-state index is 12.4. The fraction of sp³-hybridized carbons (Fsp3) is 0.533. The first-order valence-corrected chi connectivity index (χ1v) is 15.6. The average Bonchev–Trinajstić information content (AvgIpc) is 3.45. The van der Waals surface area contributed by atoms with Crippen molar-refractivity contribution >= 4 is 50.5 Å². The highest BCUT2D eigenvalue weighted by molar-refractivity contribution is 9.10. The molecule has 3 heterocycles. The summed E-state index contributed by atoms with van der Waals surface area (Å²) in [6.07, 6.45) is -4.99. The van der Waals surface area contributed by atoms with Crippen molar-refractivity contribution in [2.45, 2.75) is 83.2 Å². The Bertz CT molecular complexity index is 1510. The van der Waals surface area contributed by atoms with Gasteiger partial charge in [0.2, 0.25) is 0 Å². The molecule has 260 valence electrons. The molecular weight excluding hydrogens is 691 g/mol. The van der Waals surface area contributed by atoms with E-state index in [1.165, 1.54) is 11.9 Å². The lowest BCUT2D eigenvalue weighted by Crippen LogP contribution is -2.44. The summed E-state index contributed by atoms with van der Waals surface area (Å²) >= 11 is 3.48. The third kappa shape index (κ3) is 9.99. The van der Waals surface area contributed by atoms with Gasteiger partial charge in [-0.25, -0.2) is 19.6 Å². The Kier molecular flexibility index (Phi) is 12.6. The Hall–Kier alpha value is -3.51. The molecule has 1 aliphatic heterocycles. The summed E-state index contributed by atoms with van der Waals surface area (Å²) in [7, 11) is 0. The van der Waals surface area contributed by atoms with E-state index in [-0.39, 0.29) is 17.5 Å². The van der Waals surface area contributed by atoms with Crippen molar-refractivity contribution < 1.29 is 42.8 Å². The first kappa shape index (κ1) is 37.9. The Morgan fingerprint density at radius 3 is 2.30 bits per heavy atom. The van der Waals surface area contributed by atoms with Gasteiger partial charge in [0.1, 0.15) is 36.1 Å². The zero-order valence-corrected chi connectivity index (χ0v) is 28.2. The molecule has 1 fully saturated rings. The number of nitrogen functional groups attached to an aromatic ring is 1. The van der Waals surface area contributed by atoms with Gasteiger partial charge >= 0.3 is 18.2 Å². The number of carbonyl (C=O) groups is 2. The standard InChI is InChI=1S/C28H40BrN7O4.C2HF3O2/c1-16(2)35(12-6-11-31-27(39)34-18-9-7-17(8-10-18)28(3,4)5)14-20-22(37)23(38)26(40-20)36-13-19(29)21-24(30)32-15-33-25(21)36;3-2(4,5)1(6)7/h7-10,13,15-16,20,22-23,26,37-38H,6,11-12,14H2,1-5H3,(H2,30,32,33)(H2,31,34,39);(H,6,7)/t20-,22-,23-,26-;/m1./s1. The van der Waals surface area contributed by atoms with Crippen molar-refractivity contribution in [1.82, 2.24) is 24.8 Å². The molecule has 17 heteroatoms. The maximum Gasteiger partial charge on any atom is 0.490 e. The summed E-state index contributed by atoms with van der Waals surface area (Å²) in [5.41, 5.74) is 8.52. The molecular formula is C30H41BrF3N7O6. The minimum Gasteiger partial charge on any atom is -0.475 e. The van der Waals surface area contributed by atoms with Crippen LogP contribution >= 0.6 is 15.9 Å². The highest BCUT2D eigenvalue weighted by Gasteiger charge is 2.45. The Labute approximate surface area is 278 Å². The first-order valence-electron chi connectivity index (χ1n) is 14.8. The topological polar surface area (TPSA) is 188 Å². The van der Waals surface area contributed by atoms with Crippen molar-refractivity contribution in [2.24, 2.45) is 0 Å². The van der Waals surface area contributed by atoms with E-state index in [0.717, 1.165) is 5.69 Å². The van der Waals surface area contributed by atoms with Crippen LogP contribution in [-0.2, 0) is 14.9 Å². The minimum atomic E-state index is -5.08. The van der Waals surface area contributed by atoms with E-state index in [2.05, 4.69) is 76.1 Å². The molecule has 2 amide bonds. The average molecular weight is 733 g/mol. The number of rotatable bonds is 9. The van der Waals surface area contributed by atoms with Gasteiger partial charge in [-0.1, -0.05) is 32.9 Å². The van der Waals surface area contributed by atoms with E-state index >= 15 is 0 Å². The number of hydrogen-bond donors (Lipinski definition) is 6. The van der Waals surface area contributed by atoms with Gasteiger partial charge in [0.15, 0.2) is 6.23 Å². The van der Waals surface area contributed by atoms with Crippen molar-refractivity contribution in [3.8, 4) is 0 Å². The molecule has 0 aliphatic carbocycles. The molecule has 4 rings (SSSR count). The number of fused-ring (bicyclic) bond motifs is 1. The second kappa shape index (κ2) is 15.6. The van der Waals surface area contributed by atoms with Crippen LogP contribution in [0.2, 0.25) is 0 Å². The predicted molar refractivity (Wildman–Crippen MR) is 173 cm³/mol. The van der Waals surface area contributed by atoms with Crippen molar-refractivity contribution in [3.63, 3.8) is 0 Å². The van der Waals surface area contributed by atoms with Crippen molar-refractivity contribution in [2.75, 3.05) is 30.7 Å². The number of halogens is 4. The third-order valence-electron chi connectivity index (χ3n) is 7.51. The number of carboxylic acid groups (broad SMARTS) is 1. The van der Waals surface area contributed by atoms with E-state index in [1.807, 2.05) is 24.3 Å². The summed E-state index contributed by atoms with van der Waals surface area (Å²) in [4.78, 5) is 31.8. The number of nitrogens with two attached hydrogens (primary N) is 1. The quantitative estimate of drug-likeness (QED) is 0.174. The fourth-order valence-electron chi connectivity index (χ4n) is 4.87. The van der Waals surface area contributed by atoms with Gasteiger partial charge in [0.05, 0.1) is 5.39 Å². The number of ether oxygens (including phenoxy) is 1. The zero-order chi connectivity index (χ0) is 35.3. The van der Waals surface area contributed by atoms with Gasteiger partial charge in [-0.2, -0.15) is 13.2 Å². The molecule has 2 aromatic heterocycles. The smallest absolute Gasteiger partial charge is 0.475 e. The molecule has 0 spiro atoms. The first-order chi connectivity index (χ1) is 21.8. The van der Waals surface area contributed by atoms with E-state index in [1.54, 1.807) is 10.8 Å². The van der Waals surface area contributed by atoms with Gasteiger partial charge in [-0.3, -0.25) is 4.90 Å². The van der Waals surface area contributed by atoms with Crippen LogP contribution in [0, 0.1) is 0 Å². The lowest BCUT2D eigenvalue weighted by molar-refractivity contribution is -0.192. The van der Waals surface area contributed by atoms with E-state index in [0.29, 0.717) is 47.4 Å². The van der Waals surface area contributed by atoms with E-state index < -0.39 is 36.7 Å². The highest BCUT2D eigenvalue weighted by atomic mass is 79.9. The molecule has 0 radical (unpaired) electrons. The van der Waals surface area contributed by atoms with Crippen LogP contribution in [0.1, 0.15) is 52.8 Å². The molecule has 0 saturated carbocycles. The number of benzene rings is 1. The van der Waals surface area contributed by atoms with Crippen molar-refractivity contribution in [3.05, 3.63) is 46.8 Å². The van der Waals surface area contributed by atoms with E-state index in [9.17, 15) is 28.2 Å². The maximum absolute atomic E-state index is 12.4. The Morgan fingerprint density at radius 1 is 1.13 bits per heavy atom. The number of carboxylic acids is 1. The van der Waals surface area contributed by atoms with E-state index in [4.69, 9.17) is 20.4 Å². The molecule has 47 heavy (non-hydrogen) atoms. The molecule has 13 nitrogen and oxygen atoms in total. The number of urea groups is 1. The summed E-state index contributed by atoms with van der Waals surface area (Å²) in [5.74, 6) is -2.44. The molecule has 3 aromatic rings. The second-order valence-electron chi connectivity index (χ2n) is 12.3. The molecule has 4 atom stereocenters. The van der Waals surface area contributed by atoms with Gasteiger partial charge in [0, 0.05) is 42.0 Å². The molecule has 0 bridgehead atoms. The number of nitrogens with one attached hydrogen (secondary N) is 2. The van der Waals surface area contributed by atoms with Crippen LogP contribution in [0.5, 0.6) is 0 Å². The SMILES string of the molecule is CC(C)N(CCCNC(=O)Nc1ccc(C(C)(C)C)cc1)C[C@H]1O[C@@H](n2cc(Br)c3c(N)ncnc32)[C@H](O)[C@@H]1O.O=C(O)C(F)(F)F. The molecule has 7 N–H and O–H groups in total. The largest absolute Gasteiger partial charge is 0.490 e. The minimum absolute atomic E-state index is 0.0545. The number of nitrogens with zero attached hydrogens (tertiary/aromatic N) is 4. The van der Waals surface area contributed by atoms with Crippen LogP contribution in [-0.4, -0.2) is 96.9 Å². The number of aromatic nitrogens is 3. The monoisotopic (exact) mass is 731 g/mol. The second-order valence-corrected chi connectivity index (χ2v) is 13.2. The van der Waals surface area contributed by atoms with Crippen molar-refractivity contribution in [1.29, 1.82) is 0 Å². The summed E-state index contributed by atoms with van der Waals surface area (Å²) in [5, 5.41) is 35.2. The number of alkyl halides is 3. The van der Waals surface area contributed by atoms with Gasteiger partial charge < -0.3 is 41.0 Å². The Balaban J connectivity index is 0.000000771. The van der Waals surface area contributed by atoms with Crippen LogP contribution in [0.15, 0.2) is 41.3 Å². The van der Waals surface area contributed by atoms with Crippen LogP contribution < -0.4 is 16.4 Å². The number of aliphatic hydroxyl groups is 2. The number of amides is 2. The van der Waals surface area contributed by atoms with Crippen LogP contribution in [0.25, 0.3) is 11.0 Å². The number of hydrogen-bond acceptors (Lipinski definition) is 9. The van der Waals surface area contributed by atoms with Gasteiger partial charge in [-0.05, 0) is 59.3 Å². The molecule has 0 unspecified atom stereocenters. The summed E-state index contributed by atoms with van der Waals surface area (Å²) in [6, 6.07) is 7.78. The molecule has 1 saturated heterocycles. The lowest BCUT2D eigenvalue weighted by Gasteiger charge is -2.30. The van der Waals surface area contributed by atoms with Gasteiger partial charge in [-0.15, -0.1) is 0 Å². The van der Waals surface area contributed by atoms with Gasteiger partial charge in [0.25, 0.3) is 0 Å². The number of aliphatic carboxylic acids is 1. The predicted octanol–water partition coefficient (Wildman–Crippen LogP) is 4.25. The number of aliphatic hydroxyl groups excluding tert-OH is 2. The number of carbonyl (C=O) groups excluding carboxylic acids is 1. The van der Waals surface area contributed by atoms with Crippen LogP contribution in [0.3, 0.4) is 0 Å². The zero-order valence-electron chi connectivity index (χ0n) is 26.6. The normalized spacial score (nSPS) is 19.9.